The molecular weight excluding hydrogens is 502 g/mol. The molecule has 1 saturated heterocycles. The van der Waals surface area contributed by atoms with Crippen LogP contribution in [0.25, 0.3) is 0 Å². The van der Waals surface area contributed by atoms with E-state index in [1.54, 1.807) is 16.7 Å². The highest BCUT2D eigenvalue weighted by atomic mass is 35.5. The summed E-state index contributed by atoms with van der Waals surface area (Å²) in [5.74, 6) is 1.22. The lowest BCUT2D eigenvalue weighted by molar-refractivity contribution is -0.129. The largest absolute Gasteiger partial charge is 0.489 e. The highest BCUT2D eigenvalue weighted by Gasteiger charge is 2.38. The van der Waals surface area contributed by atoms with Crippen molar-refractivity contribution in [3.05, 3.63) is 104 Å². The zero-order valence-corrected chi connectivity index (χ0v) is 22.7. The number of aryl methyl sites for hydroxylation is 3. The molecule has 0 radical (unpaired) electrons. The number of benzene rings is 3. The van der Waals surface area contributed by atoms with Gasteiger partial charge in [-0.2, -0.15) is 5.26 Å². The van der Waals surface area contributed by atoms with E-state index >= 15 is 0 Å². The van der Waals surface area contributed by atoms with Crippen molar-refractivity contribution < 1.29 is 9.53 Å². The third-order valence-electron chi connectivity index (χ3n) is 6.85. The van der Waals surface area contributed by atoms with Gasteiger partial charge in [-0.25, -0.2) is 0 Å². The molecular formula is C30H28ClN3O2S. The summed E-state index contributed by atoms with van der Waals surface area (Å²) in [5.41, 5.74) is 7.44. The lowest BCUT2D eigenvalue weighted by Crippen LogP contribution is -2.47. The van der Waals surface area contributed by atoms with Crippen molar-refractivity contribution in [3.63, 3.8) is 0 Å². The van der Waals surface area contributed by atoms with E-state index in [-0.39, 0.29) is 18.2 Å². The summed E-state index contributed by atoms with van der Waals surface area (Å²) in [7, 11) is 0. The number of carbonyl (C=O) groups is 1. The van der Waals surface area contributed by atoms with Crippen LogP contribution in [0.1, 0.15) is 40.2 Å². The average Bonchev–Trinajstić information content (AvgIpc) is 2.88. The molecule has 37 heavy (non-hydrogen) atoms. The van der Waals surface area contributed by atoms with E-state index in [4.69, 9.17) is 16.3 Å². The quantitative estimate of drug-likeness (QED) is 0.354. The number of anilines is 1. The van der Waals surface area contributed by atoms with Crippen LogP contribution in [-0.2, 0) is 11.4 Å². The van der Waals surface area contributed by atoms with Gasteiger partial charge in [0, 0.05) is 23.0 Å². The summed E-state index contributed by atoms with van der Waals surface area (Å²) in [6.45, 7) is 7.22. The Balaban J connectivity index is 1.34. The number of hydrogen-bond acceptors (Lipinski definition) is 5. The Labute approximate surface area is 227 Å². The van der Waals surface area contributed by atoms with Crippen LogP contribution in [0, 0.1) is 32.1 Å². The van der Waals surface area contributed by atoms with Crippen LogP contribution in [0.3, 0.4) is 0 Å². The SMILES string of the molecule is Cc1cc(C)c(N2CSC3=C(C#N)C(c4ccc(OCc5ccc(Cl)cc5)cc4)CC(=O)N3C2)c(C)c1. The van der Waals surface area contributed by atoms with Gasteiger partial charge in [0.2, 0.25) is 5.91 Å². The van der Waals surface area contributed by atoms with E-state index in [0.29, 0.717) is 29.7 Å². The minimum atomic E-state index is -0.254. The molecule has 0 spiro atoms. The predicted octanol–water partition coefficient (Wildman–Crippen LogP) is 7.06. The number of fused-ring (bicyclic) bond motifs is 1. The van der Waals surface area contributed by atoms with Crippen LogP contribution >= 0.6 is 23.4 Å². The van der Waals surface area contributed by atoms with Crippen molar-refractivity contribution in [1.82, 2.24) is 4.90 Å². The first-order valence-corrected chi connectivity index (χ1v) is 13.6. The maximum absolute atomic E-state index is 13.3. The maximum Gasteiger partial charge on any atom is 0.229 e. The minimum Gasteiger partial charge on any atom is -0.489 e. The topological polar surface area (TPSA) is 56.6 Å². The van der Waals surface area contributed by atoms with Gasteiger partial charge in [-0.3, -0.25) is 9.69 Å². The van der Waals surface area contributed by atoms with Crippen LogP contribution in [0.4, 0.5) is 5.69 Å². The number of rotatable bonds is 5. The molecule has 0 saturated carbocycles. The van der Waals surface area contributed by atoms with Gasteiger partial charge in [-0.05, 0) is 67.3 Å². The molecule has 188 valence electrons. The average molecular weight is 530 g/mol. The zero-order valence-electron chi connectivity index (χ0n) is 21.1. The monoisotopic (exact) mass is 529 g/mol. The van der Waals surface area contributed by atoms with E-state index < -0.39 is 0 Å². The molecule has 1 atom stereocenters. The van der Waals surface area contributed by atoms with Crippen molar-refractivity contribution in [2.75, 3.05) is 17.4 Å². The first-order chi connectivity index (χ1) is 17.8. The van der Waals surface area contributed by atoms with Gasteiger partial charge in [0.1, 0.15) is 12.4 Å². The van der Waals surface area contributed by atoms with Crippen molar-refractivity contribution in [2.24, 2.45) is 0 Å². The molecule has 1 unspecified atom stereocenters. The molecule has 5 nitrogen and oxygen atoms in total. The molecule has 2 heterocycles. The summed E-state index contributed by atoms with van der Waals surface area (Å²) in [5, 5.41) is 11.6. The van der Waals surface area contributed by atoms with E-state index in [9.17, 15) is 10.1 Å². The van der Waals surface area contributed by atoms with Gasteiger partial charge in [0.25, 0.3) is 0 Å². The number of carbonyl (C=O) groups excluding carboxylic acids is 1. The second kappa shape index (κ2) is 10.5. The third kappa shape index (κ3) is 5.20. The highest BCUT2D eigenvalue weighted by molar-refractivity contribution is 8.03. The number of ether oxygens (including phenoxy) is 1. The molecule has 0 bridgehead atoms. The molecule has 7 heteroatoms. The van der Waals surface area contributed by atoms with Crippen molar-refractivity contribution in [1.29, 1.82) is 5.26 Å². The molecule has 0 N–H and O–H groups in total. The molecule has 2 aliphatic heterocycles. The van der Waals surface area contributed by atoms with Crippen molar-refractivity contribution in [2.45, 2.75) is 39.7 Å². The normalized spacial score (nSPS) is 17.5. The Bertz CT molecular complexity index is 1390. The Morgan fingerprint density at radius 3 is 2.38 bits per heavy atom. The number of amides is 1. The number of hydrogen-bond donors (Lipinski definition) is 0. The van der Waals surface area contributed by atoms with Crippen LogP contribution in [0.2, 0.25) is 5.02 Å². The molecule has 5 rings (SSSR count). The van der Waals surface area contributed by atoms with Crippen molar-refractivity contribution in [3.8, 4) is 11.8 Å². The fraction of sp³-hybridized carbons (Fsp3) is 0.267. The molecule has 0 aromatic heterocycles. The first-order valence-electron chi connectivity index (χ1n) is 12.2. The highest BCUT2D eigenvalue weighted by Crippen LogP contribution is 2.44. The molecule has 1 amide bonds. The van der Waals surface area contributed by atoms with Crippen LogP contribution in [0.15, 0.2) is 71.3 Å². The number of nitriles is 1. The maximum atomic E-state index is 13.3. The smallest absolute Gasteiger partial charge is 0.229 e. The number of thioether (sulfide) groups is 1. The van der Waals surface area contributed by atoms with Gasteiger partial charge >= 0.3 is 0 Å². The third-order valence-corrected chi connectivity index (χ3v) is 8.25. The summed E-state index contributed by atoms with van der Waals surface area (Å²) in [6, 6.07) is 22.1. The molecule has 3 aromatic rings. The number of halogens is 1. The van der Waals surface area contributed by atoms with E-state index in [2.05, 4.69) is 43.9 Å². The van der Waals surface area contributed by atoms with Gasteiger partial charge in [0.05, 0.1) is 29.2 Å². The van der Waals surface area contributed by atoms with Crippen LogP contribution in [-0.4, -0.2) is 23.4 Å². The fourth-order valence-electron chi connectivity index (χ4n) is 5.20. The van der Waals surface area contributed by atoms with Gasteiger partial charge in [-0.1, -0.05) is 65.3 Å². The van der Waals surface area contributed by atoms with E-state index in [0.717, 1.165) is 21.9 Å². The van der Waals surface area contributed by atoms with Gasteiger partial charge in [-0.15, -0.1) is 0 Å². The minimum absolute atomic E-state index is 0.0432. The summed E-state index contributed by atoms with van der Waals surface area (Å²) in [4.78, 5) is 17.4. The Morgan fingerprint density at radius 2 is 1.73 bits per heavy atom. The number of allylic oxidation sites excluding steroid dienone is 1. The standard InChI is InChI=1S/C30H28ClN3O2S/c1-19-12-20(2)29(21(3)13-19)33-17-34-28(35)14-26(27(15-32)30(34)37-18-33)23-6-10-25(11-7-23)36-16-22-4-8-24(31)9-5-22/h4-13,26H,14,16-18H2,1-3H3. The van der Waals surface area contributed by atoms with E-state index in [1.807, 2.05) is 48.5 Å². The molecule has 1 fully saturated rings. The second-order valence-corrected chi connectivity index (χ2v) is 11.0. The first kappa shape index (κ1) is 25.3. The Hall–Kier alpha value is -3.40. The predicted molar refractivity (Wildman–Crippen MR) is 150 cm³/mol. The summed E-state index contributed by atoms with van der Waals surface area (Å²) >= 11 is 7.52. The molecule has 3 aromatic carbocycles. The summed E-state index contributed by atoms with van der Waals surface area (Å²) < 4.78 is 5.91. The fourth-order valence-corrected chi connectivity index (χ4v) is 6.48. The van der Waals surface area contributed by atoms with Crippen LogP contribution in [0.5, 0.6) is 5.75 Å². The van der Waals surface area contributed by atoms with Gasteiger partial charge in [0.15, 0.2) is 0 Å². The Morgan fingerprint density at radius 1 is 1.05 bits per heavy atom. The Kier molecular flexibility index (Phi) is 7.19. The second-order valence-electron chi connectivity index (χ2n) is 9.60. The van der Waals surface area contributed by atoms with Crippen LogP contribution < -0.4 is 9.64 Å². The zero-order chi connectivity index (χ0) is 26.1. The lowest BCUT2D eigenvalue weighted by atomic mass is 9.86. The molecule has 0 aliphatic carbocycles. The molecule has 2 aliphatic rings. The van der Waals surface area contributed by atoms with Gasteiger partial charge < -0.3 is 9.64 Å². The lowest BCUT2D eigenvalue weighted by Gasteiger charge is -2.43. The van der Waals surface area contributed by atoms with Crippen molar-refractivity contribution >= 4 is 35.0 Å². The van der Waals surface area contributed by atoms with E-state index in [1.165, 1.54) is 22.4 Å². The number of nitrogens with zero attached hydrogens (tertiary/aromatic N) is 3. The summed E-state index contributed by atoms with van der Waals surface area (Å²) in [6.07, 6.45) is 0.275.